The zero-order chi connectivity index (χ0) is 21.8. The standard InChI is InChI=1S/C24H23N5OS/c1-16-5-10-21(17(2)12-16)26-14-22-27-28-24(29(22)15-20-4-3-11-30-20)23(31)19-8-6-18(13-25)7-9-19/h3-12,23,26,31H,14-15H2,1-2H3. The summed E-state index contributed by atoms with van der Waals surface area (Å²) >= 11 is 4.82. The van der Waals surface area contributed by atoms with E-state index in [1.54, 1.807) is 18.4 Å². The van der Waals surface area contributed by atoms with E-state index >= 15 is 0 Å². The lowest BCUT2D eigenvalue weighted by atomic mass is 10.1. The second-order valence-corrected chi connectivity index (χ2v) is 7.96. The van der Waals surface area contributed by atoms with Crippen LogP contribution in [0.5, 0.6) is 0 Å². The maximum atomic E-state index is 9.05. The van der Waals surface area contributed by atoms with E-state index in [1.165, 1.54) is 11.1 Å². The molecule has 1 N–H and O–H groups in total. The first-order valence-electron chi connectivity index (χ1n) is 9.99. The summed E-state index contributed by atoms with van der Waals surface area (Å²) in [5.74, 6) is 2.33. The van der Waals surface area contributed by atoms with Gasteiger partial charge in [-0.1, -0.05) is 29.8 Å². The summed E-state index contributed by atoms with van der Waals surface area (Å²) in [5, 5.41) is 21.1. The molecule has 0 bridgehead atoms. The van der Waals surface area contributed by atoms with Gasteiger partial charge in [0, 0.05) is 5.69 Å². The van der Waals surface area contributed by atoms with Crippen molar-refractivity contribution in [2.45, 2.75) is 32.2 Å². The Labute approximate surface area is 187 Å². The zero-order valence-corrected chi connectivity index (χ0v) is 18.3. The molecular weight excluding hydrogens is 406 g/mol. The first-order valence-corrected chi connectivity index (χ1v) is 10.5. The average Bonchev–Trinajstić information content (AvgIpc) is 3.43. The second kappa shape index (κ2) is 9.11. The van der Waals surface area contributed by atoms with Crippen LogP contribution in [0.25, 0.3) is 0 Å². The first-order chi connectivity index (χ1) is 15.0. The Morgan fingerprint density at radius 2 is 1.94 bits per heavy atom. The number of thiol groups is 1. The monoisotopic (exact) mass is 429 g/mol. The van der Waals surface area contributed by atoms with Crippen molar-refractivity contribution >= 4 is 18.3 Å². The van der Waals surface area contributed by atoms with Gasteiger partial charge in [0.1, 0.15) is 5.76 Å². The molecule has 7 heteroatoms. The van der Waals surface area contributed by atoms with Crippen LogP contribution in [-0.4, -0.2) is 14.8 Å². The molecule has 1 unspecified atom stereocenters. The molecule has 31 heavy (non-hydrogen) atoms. The molecule has 2 heterocycles. The molecule has 2 aromatic carbocycles. The second-order valence-electron chi connectivity index (χ2n) is 7.45. The van der Waals surface area contributed by atoms with Crippen LogP contribution in [0.3, 0.4) is 0 Å². The van der Waals surface area contributed by atoms with E-state index in [0.29, 0.717) is 18.7 Å². The molecule has 0 aliphatic heterocycles. The largest absolute Gasteiger partial charge is 0.467 e. The van der Waals surface area contributed by atoms with Crippen molar-refractivity contribution < 1.29 is 4.42 Å². The van der Waals surface area contributed by atoms with Crippen LogP contribution < -0.4 is 5.32 Å². The number of aromatic nitrogens is 3. The Kier molecular flexibility index (Phi) is 6.10. The number of nitrogens with one attached hydrogen (secondary N) is 1. The van der Waals surface area contributed by atoms with Gasteiger partial charge in [0.25, 0.3) is 0 Å². The van der Waals surface area contributed by atoms with Crippen LogP contribution in [-0.2, 0) is 13.1 Å². The molecule has 0 aliphatic rings. The number of hydrogen-bond donors (Lipinski definition) is 2. The minimum absolute atomic E-state index is 0.287. The molecule has 4 aromatic rings. The van der Waals surface area contributed by atoms with Gasteiger partial charge < -0.3 is 14.3 Å². The molecule has 6 nitrogen and oxygen atoms in total. The Hall–Kier alpha value is -3.50. The average molecular weight is 430 g/mol. The van der Waals surface area contributed by atoms with Gasteiger partial charge in [0.15, 0.2) is 11.6 Å². The van der Waals surface area contributed by atoms with E-state index in [2.05, 4.69) is 53.6 Å². The molecule has 156 valence electrons. The third-order valence-electron chi connectivity index (χ3n) is 5.17. The van der Waals surface area contributed by atoms with E-state index in [0.717, 1.165) is 28.7 Å². The van der Waals surface area contributed by atoms with E-state index < -0.39 is 0 Å². The Morgan fingerprint density at radius 3 is 2.61 bits per heavy atom. The van der Waals surface area contributed by atoms with Crippen molar-refractivity contribution in [2.75, 3.05) is 5.32 Å². The normalized spacial score (nSPS) is 11.8. The lowest BCUT2D eigenvalue weighted by molar-refractivity contribution is 0.485. The quantitative estimate of drug-likeness (QED) is 0.402. The van der Waals surface area contributed by atoms with Crippen molar-refractivity contribution in [2.24, 2.45) is 0 Å². The number of rotatable bonds is 7. The van der Waals surface area contributed by atoms with E-state index in [1.807, 2.05) is 28.8 Å². The van der Waals surface area contributed by atoms with Crippen LogP contribution in [0.15, 0.2) is 65.3 Å². The fourth-order valence-electron chi connectivity index (χ4n) is 3.49. The maximum absolute atomic E-state index is 9.05. The summed E-state index contributed by atoms with van der Waals surface area (Å²) in [6.07, 6.45) is 1.66. The van der Waals surface area contributed by atoms with E-state index in [-0.39, 0.29) is 5.25 Å². The van der Waals surface area contributed by atoms with Crippen molar-refractivity contribution in [3.8, 4) is 6.07 Å². The summed E-state index contributed by atoms with van der Waals surface area (Å²) in [4.78, 5) is 0. The number of furan rings is 1. The number of nitriles is 1. The number of benzene rings is 2. The highest BCUT2D eigenvalue weighted by Crippen LogP contribution is 2.28. The van der Waals surface area contributed by atoms with Gasteiger partial charge >= 0.3 is 0 Å². The molecule has 4 rings (SSSR count). The number of anilines is 1. The maximum Gasteiger partial charge on any atom is 0.152 e. The van der Waals surface area contributed by atoms with Crippen LogP contribution in [0, 0.1) is 25.2 Å². The minimum Gasteiger partial charge on any atom is -0.467 e. The molecule has 0 fully saturated rings. The van der Waals surface area contributed by atoms with Crippen LogP contribution in [0.1, 0.15) is 44.9 Å². The van der Waals surface area contributed by atoms with Crippen LogP contribution >= 0.6 is 12.6 Å². The number of nitrogens with zero attached hydrogens (tertiary/aromatic N) is 4. The Balaban J connectivity index is 1.63. The topological polar surface area (TPSA) is 79.7 Å². The third kappa shape index (κ3) is 4.65. The SMILES string of the molecule is Cc1ccc(NCc2nnc(C(S)c3ccc(C#N)cc3)n2Cc2ccco2)c(C)c1. The van der Waals surface area contributed by atoms with Gasteiger partial charge in [-0.25, -0.2) is 0 Å². The first kappa shape index (κ1) is 20.8. The number of aryl methyl sites for hydroxylation is 2. The van der Waals surface area contributed by atoms with Crippen molar-refractivity contribution in [3.63, 3.8) is 0 Å². The highest BCUT2D eigenvalue weighted by Gasteiger charge is 2.21. The fraction of sp³-hybridized carbons (Fsp3) is 0.208. The summed E-state index contributed by atoms with van der Waals surface area (Å²) in [6, 6.07) is 19.6. The fourth-order valence-corrected chi connectivity index (χ4v) is 3.85. The minimum atomic E-state index is -0.287. The Morgan fingerprint density at radius 1 is 1.13 bits per heavy atom. The smallest absolute Gasteiger partial charge is 0.152 e. The molecule has 0 aliphatic carbocycles. The predicted molar refractivity (Wildman–Crippen MR) is 123 cm³/mol. The zero-order valence-electron chi connectivity index (χ0n) is 17.4. The van der Waals surface area contributed by atoms with Gasteiger partial charge in [-0.15, -0.1) is 10.2 Å². The van der Waals surface area contributed by atoms with Gasteiger partial charge in [-0.2, -0.15) is 17.9 Å². The molecule has 0 saturated heterocycles. The lowest BCUT2D eigenvalue weighted by Crippen LogP contribution is -2.14. The highest BCUT2D eigenvalue weighted by molar-refractivity contribution is 7.80. The van der Waals surface area contributed by atoms with E-state index in [9.17, 15) is 0 Å². The molecule has 0 radical (unpaired) electrons. The van der Waals surface area contributed by atoms with E-state index in [4.69, 9.17) is 22.3 Å². The van der Waals surface area contributed by atoms with Crippen molar-refractivity contribution in [1.82, 2.24) is 14.8 Å². The van der Waals surface area contributed by atoms with Gasteiger partial charge in [0.2, 0.25) is 0 Å². The van der Waals surface area contributed by atoms with Gasteiger partial charge in [-0.05, 0) is 55.3 Å². The van der Waals surface area contributed by atoms with Gasteiger partial charge in [0.05, 0.1) is 36.2 Å². The summed E-state index contributed by atoms with van der Waals surface area (Å²) in [5.41, 5.74) is 5.03. The Bertz CT molecular complexity index is 1210. The van der Waals surface area contributed by atoms with Crippen LogP contribution in [0.4, 0.5) is 5.69 Å². The van der Waals surface area contributed by atoms with Gasteiger partial charge in [-0.3, -0.25) is 0 Å². The molecular formula is C24H23N5OS. The third-order valence-corrected chi connectivity index (χ3v) is 5.70. The summed E-state index contributed by atoms with van der Waals surface area (Å²) < 4.78 is 7.60. The van der Waals surface area contributed by atoms with Crippen LogP contribution in [0.2, 0.25) is 0 Å². The summed E-state index contributed by atoms with van der Waals surface area (Å²) in [7, 11) is 0. The highest BCUT2D eigenvalue weighted by atomic mass is 32.1. The predicted octanol–water partition coefficient (Wildman–Crippen LogP) is 5.04. The summed E-state index contributed by atoms with van der Waals surface area (Å²) in [6.45, 7) is 5.19. The molecule has 0 spiro atoms. The number of hydrogen-bond acceptors (Lipinski definition) is 6. The molecule has 2 aromatic heterocycles. The van der Waals surface area contributed by atoms with Crippen molar-refractivity contribution in [3.05, 3.63) is 101 Å². The molecule has 1 atom stereocenters. The molecule has 0 amide bonds. The van der Waals surface area contributed by atoms with Crippen molar-refractivity contribution in [1.29, 1.82) is 5.26 Å². The molecule has 0 saturated carbocycles. The lowest BCUT2D eigenvalue weighted by Gasteiger charge is -2.15.